The van der Waals surface area contributed by atoms with E-state index in [-0.39, 0.29) is 19.6 Å². The minimum absolute atomic E-state index is 0.109. The van der Waals surface area contributed by atoms with Crippen LogP contribution in [0.1, 0.15) is 13.3 Å². The van der Waals surface area contributed by atoms with E-state index in [0.29, 0.717) is 13.2 Å². The molecule has 0 aromatic heterocycles. The van der Waals surface area contributed by atoms with Crippen LogP contribution < -0.4 is 5.73 Å². The van der Waals surface area contributed by atoms with E-state index in [0.717, 1.165) is 0 Å². The van der Waals surface area contributed by atoms with Crippen LogP contribution >= 0.6 is 0 Å². The Bertz CT molecular complexity index is 140. The zero-order valence-corrected chi connectivity index (χ0v) is 7.86. The van der Waals surface area contributed by atoms with Crippen molar-refractivity contribution in [2.24, 2.45) is 5.73 Å². The van der Waals surface area contributed by atoms with Gasteiger partial charge in [-0.1, -0.05) is 0 Å². The number of hydrogen-bond acceptors (Lipinski definition) is 5. The normalized spacial score (nSPS) is 12.5. The standard InChI is InChI=1S/C8H17NO4/c1-2-12-5-6-13-8(11)7(9)3-4-10/h7,10H,2-6,9H2,1H3. The molecule has 0 spiro atoms. The van der Waals surface area contributed by atoms with Gasteiger partial charge in [0.05, 0.1) is 6.61 Å². The van der Waals surface area contributed by atoms with Crippen molar-refractivity contribution in [2.75, 3.05) is 26.4 Å². The second-order valence-corrected chi connectivity index (χ2v) is 2.48. The molecule has 0 saturated heterocycles. The van der Waals surface area contributed by atoms with Gasteiger partial charge in [-0.15, -0.1) is 0 Å². The number of esters is 1. The molecule has 0 aliphatic rings. The molecule has 78 valence electrons. The van der Waals surface area contributed by atoms with Gasteiger partial charge in [-0.3, -0.25) is 4.79 Å². The lowest BCUT2D eigenvalue weighted by atomic mass is 10.2. The van der Waals surface area contributed by atoms with Crippen molar-refractivity contribution in [3.8, 4) is 0 Å². The SMILES string of the molecule is CCOCCOC(=O)C(N)CCO. The van der Waals surface area contributed by atoms with Crippen molar-refractivity contribution >= 4 is 5.97 Å². The van der Waals surface area contributed by atoms with Gasteiger partial charge in [0.25, 0.3) is 0 Å². The summed E-state index contributed by atoms with van der Waals surface area (Å²) in [5, 5.41) is 8.48. The summed E-state index contributed by atoms with van der Waals surface area (Å²) in [7, 11) is 0. The monoisotopic (exact) mass is 191 g/mol. The zero-order chi connectivity index (χ0) is 10.1. The Balaban J connectivity index is 3.38. The van der Waals surface area contributed by atoms with Gasteiger partial charge in [-0.2, -0.15) is 0 Å². The molecule has 0 aliphatic heterocycles. The van der Waals surface area contributed by atoms with Crippen molar-refractivity contribution in [1.82, 2.24) is 0 Å². The highest BCUT2D eigenvalue weighted by atomic mass is 16.6. The maximum Gasteiger partial charge on any atom is 0.323 e. The molecular formula is C8H17NO4. The molecule has 0 aromatic rings. The predicted molar refractivity (Wildman–Crippen MR) is 47.1 cm³/mol. The van der Waals surface area contributed by atoms with Crippen LogP contribution in [0.3, 0.4) is 0 Å². The number of aliphatic hydroxyl groups excluding tert-OH is 1. The van der Waals surface area contributed by atoms with Crippen LogP contribution in [0.2, 0.25) is 0 Å². The molecule has 0 radical (unpaired) electrons. The summed E-state index contributed by atoms with van der Waals surface area (Å²) in [5.41, 5.74) is 5.37. The van der Waals surface area contributed by atoms with Crippen LogP contribution in [0.25, 0.3) is 0 Å². The molecule has 0 rings (SSSR count). The van der Waals surface area contributed by atoms with Crippen LogP contribution in [0.5, 0.6) is 0 Å². The summed E-state index contributed by atoms with van der Waals surface area (Å²) in [6.45, 7) is 2.95. The highest BCUT2D eigenvalue weighted by molar-refractivity contribution is 5.75. The number of carbonyl (C=O) groups excluding carboxylic acids is 1. The highest BCUT2D eigenvalue weighted by Crippen LogP contribution is 1.91. The molecule has 5 heteroatoms. The number of ether oxygens (including phenoxy) is 2. The van der Waals surface area contributed by atoms with E-state index in [9.17, 15) is 4.79 Å². The van der Waals surface area contributed by atoms with Gasteiger partial charge in [0.2, 0.25) is 0 Å². The van der Waals surface area contributed by atoms with E-state index < -0.39 is 12.0 Å². The van der Waals surface area contributed by atoms with Crippen LogP contribution in [0.15, 0.2) is 0 Å². The molecular weight excluding hydrogens is 174 g/mol. The first-order valence-electron chi connectivity index (χ1n) is 4.33. The fourth-order valence-electron chi connectivity index (χ4n) is 0.709. The third-order valence-corrected chi connectivity index (χ3v) is 1.42. The van der Waals surface area contributed by atoms with E-state index in [1.54, 1.807) is 0 Å². The average Bonchev–Trinajstić information content (AvgIpc) is 2.12. The highest BCUT2D eigenvalue weighted by Gasteiger charge is 2.13. The summed E-state index contributed by atoms with van der Waals surface area (Å²) < 4.78 is 9.71. The lowest BCUT2D eigenvalue weighted by Gasteiger charge is -2.09. The number of aliphatic hydroxyl groups is 1. The summed E-state index contributed by atoms with van der Waals surface area (Å²) >= 11 is 0. The molecule has 3 N–H and O–H groups in total. The fourth-order valence-corrected chi connectivity index (χ4v) is 0.709. The Morgan fingerprint density at radius 1 is 1.54 bits per heavy atom. The topological polar surface area (TPSA) is 81.8 Å². The fraction of sp³-hybridized carbons (Fsp3) is 0.875. The number of carbonyl (C=O) groups is 1. The van der Waals surface area contributed by atoms with Gasteiger partial charge < -0.3 is 20.3 Å². The molecule has 0 bridgehead atoms. The van der Waals surface area contributed by atoms with E-state index in [1.165, 1.54) is 0 Å². The minimum Gasteiger partial charge on any atom is -0.462 e. The second kappa shape index (κ2) is 7.97. The van der Waals surface area contributed by atoms with Crippen molar-refractivity contribution < 1.29 is 19.4 Å². The Morgan fingerprint density at radius 3 is 2.77 bits per heavy atom. The zero-order valence-electron chi connectivity index (χ0n) is 7.86. The number of hydrogen-bond donors (Lipinski definition) is 2. The summed E-state index contributed by atoms with van der Waals surface area (Å²) in [6.07, 6.45) is 0.230. The lowest BCUT2D eigenvalue weighted by Crippen LogP contribution is -2.33. The molecule has 0 saturated carbocycles. The predicted octanol–water partition coefficient (Wildman–Crippen LogP) is -0.724. The Labute approximate surface area is 77.8 Å². The average molecular weight is 191 g/mol. The van der Waals surface area contributed by atoms with Crippen molar-refractivity contribution in [3.05, 3.63) is 0 Å². The van der Waals surface area contributed by atoms with Crippen molar-refractivity contribution in [1.29, 1.82) is 0 Å². The van der Waals surface area contributed by atoms with Gasteiger partial charge in [-0.25, -0.2) is 0 Å². The smallest absolute Gasteiger partial charge is 0.323 e. The molecule has 0 heterocycles. The molecule has 5 nitrogen and oxygen atoms in total. The van der Waals surface area contributed by atoms with E-state index in [2.05, 4.69) is 0 Å². The molecule has 0 aromatic carbocycles. The first kappa shape index (κ1) is 12.3. The first-order chi connectivity index (χ1) is 6.22. The minimum atomic E-state index is -0.730. The van der Waals surface area contributed by atoms with Crippen LogP contribution in [-0.2, 0) is 14.3 Å². The summed E-state index contributed by atoms with van der Waals surface area (Å²) in [4.78, 5) is 11.0. The van der Waals surface area contributed by atoms with Crippen molar-refractivity contribution in [2.45, 2.75) is 19.4 Å². The maximum absolute atomic E-state index is 11.0. The number of rotatable bonds is 7. The lowest BCUT2D eigenvalue weighted by molar-refractivity contribution is -0.147. The molecule has 1 atom stereocenters. The van der Waals surface area contributed by atoms with Crippen molar-refractivity contribution in [3.63, 3.8) is 0 Å². The van der Waals surface area contributed by atoms with Crippen LogP contribution in [-0.4, -0.2) is 43.5 Å². The third-order valence-electron chi connectivity index (χ3n) is 1.42. The maximum atomic E-state index is 11.0. The van der Waals surface area contributed by atoms with Crippen LogP contribution in [0, 0.1) is 0 Å². The van der Waals surface area contributed by atoms with E-state index in [1.807, 2.05) is 6.92 Å². The third kappa shape index (κ3) is 6.51. The molecule has 0 amide bonds. The molecule has 13 heavy (non-hydrogen) atoms. The number of nitrogens with two attached hydrogens (primary N) is 1. The van der Waals surface area contributed by atoms with E-state index >= 15 is 0 Å². The molecule has 0 fully saturated rings. The van der Waals surface area contributed by atoms with Gasteiger partial charge in [-0.05, 0) is 13.3 Å². The molecule has 0 aliphatic carbocycles. The van der Waals surface area contributed by atoms with Gasteiger partial charge in [0.1, 0.15) is 12.6 Å². The largest absolute Gasteiger partial charge is 0.462 e. The molecule has 1 unspecified atom stereocenters. The van der Waals surface area contributed by atoms with Crippen LogP contribution in [0.4, 0.5) is 0 Å². The summed E-state index contributed by atoms with van der Waals surface area (Å²) in [6, 6.07) is -0.730. The first-order valence-corrected chi connectivity index (χ1v) is 4.33. The Morgan fingerprint density at radius 2 is 2.23 bits per heavy atom. The Kier molecular flexibility index (Phi) is 7.57. The quantitative estimate of drug-likeness (QED) is 0.410. The summed E-state index contributed by atoms with van der Waals surface area (Å²) in [5.74, 6) is -0.492. The van der Waals surface area contributed by atoms with E-state index in [4.69, 9.17) is 20.3 Å². The second-order valence-electron chi connectivity index (χ2n) is 2.48. The van der Waals surface area contributed by atoms with Gasteiger partial charge in [0.15, 0.2) is 0 Å². The Hall–Kier alpha value is -0.650. The van der Waals surface area contributed by atoms with Gasteiger partial charge >= 0.3 is 5.97 Å². The van der Waals surface area contributed by atoms with Gasteiger partial charge in [0, 0.05) is 13.2 Å².